The van der Waals surface area contributed by atoms with Gasteiger partial charge < -0.3 is 10.5 Å². The first-order chi connectivity index (χ1) is 8.81. The molecule has 0 spiro atoms. The Hall–Kier alpha value is -0.860. The van der Waals surface area contributed by atoms with Crippen molar-refractivity contribution in [2.24, 2.45) is 11.7 Å². The molecule has 1 aromatic rings. The Morgan fingerprint density at radius 1 is 1.28 bits per heavy atom. The molecule has 2 heteroatoms. The molecular weight excluding hydrogens is 222 g/mol. The van der Waals surface area contributed by atoms with E-state index in [-0.39, 0.29) is 6.04 Å². The lowest BCUT2D eigenvalue weighted by Gasteiger charge is -2.16. The van der Waals surface area contributed by atoms with E-state index in [1.807, 2.05) is 0 Å². The molecule has 0 aromatic heterocycles. The van der Waals surface area contributed by atoms with Crippen LogP contribution in [0.15, 0.2) is 18.2 Å². The molecule has 3 rings (SSSR count). The second-order valence-corrected chi connectivity index (χ2v) is 5.89. The first-order valence-corrected chi connectivity index (χ1v) is 7.25. The molecule has 2 atom stereocenters. The van der Waals surface area contributed by atoms with Gasteiger partial charge in [-0.2, -0.15) is 0 Å². The van der Waals surface area contributed by atoms with Gasteiger partial charge in [0.2, 0.25) is 0 Å². The predicted octanol–water partition coefficient (Wildman–Crippen LogP) is 2.47. The Labute approximate surface area is 110 Å². The van der Waals surface area contributed by atoms with Gasteiger partial charge in [-0.25, -0.2) is 0 Å². The normalized spacial score (nSPS) is 24.2. The van der Waals surface area contributed by atoms with E-state index in [2.05, 4.69) is 18.2 Å². The quantitative estimate of drug-likeness (QED) is 0.884. The molecule has 1 aliphatic heterocycles. The van der Waals surface area contributed by atoms with Gasteiger partial charge in [0.05, 0.1) is 0 Å². The van der Waals surface area contributed by atoms with Gasteiger partial charge >= 0.3 is 0 Å². The van der Waals surface area contributed by atoms with Gasteiger partial charge in [0.25, 0.3) is 0 Å². The fourth-order valence-corrected chi connectivity index (χ4v) is 3.34. The standard InChI is InChI=1S/C16H23NO/c17-16(10-13-6-7-18-11-13)9-12-4-5-14-2-1-3-15(14)8-12/h4-5,8,13,16H,1-3,6-7,9-11,17H2. The second-order valence-electron chi connectivity index (χ2n) is 5.89. The SMILES string of the molecule is NC(Cc1ccc2c(c1)CCC2)CC1CCOC1. The van der Waals surface area contributed by atoms with E-state index < -0.39 is 0 Å². The number of aryl methyl sites for hydroxylation is 2. The van der Waals surface area contributed by atoms with Crippen molar-refractivity contribution in [3.63, 3.8) is 0 Å². The zero-order chi connectivity index (χ0) is 12.4. The predicted molar refractivity (Wildman–Crippen MR) is 73.7 cm³/mol. The van der Waals surface area contributed by atoms with E-state index in [0.717, 1.165) is 26.1 Å². The third-order valence-corrected chi connectivity index (χ3v) is 4.32. The number of rotatable bonds is 4. The van der Waals surface area contributed by atoms with Crippen LogP contribution in [-0.4, -0.2) is 19.3 Å². The Morgan fingerprint density at radius 3 is 3.00 bits per heavy atom. The molecule has 2 nitrogen and oxygen atoms in total. The van der Waals surface area contributed by atoms with Crippen molar-refractivity contribution in [1.82, 2.24) is 0 Å². The average molecular weight is 245 g/mol. The lowest BCUT2D eigenvalue weighted by molar-refractivity contribution is 0.182. The van der Waals surface area contributed by atoms with Gasteiger partial charge in [-0.3, -0.25) is 0 Å². The topological polar surface area (TPSA) is 35.2 Å². The summed E-state index contributed by atoms with van der Waals surface area (Å²) < 4.78 is 5.41. The first-order valence-electron chi connectivity index (χ1n) is 7.25. The highest BCUT2D eigenvalue weighted by Crippen LogP contribution is 2.24. The van der Waals surface area contributed by atoms with Crippen molar-refractivity contribution < 1.29 is 4.74 Å². The van der Waals surface area contributed by atoms with Crippen LogP contribution >= 0.6 is 0 Å². The van der Waals surface area contributed by atoms with Crippen molar-refractivity contribution in [3.8, 4) is 0 Å². The molecular formula is C16H23NO. The van der Waals surface area contributed by atoms with Gasteiger partial charge in [0.15, 0.2) is 0 Å². The van der Waals surface area contributed by atoms with Gasteiger partial charge in [0.1, 0.15) is 0 Å². The number of ether oxygens (including phenoxy) is 1. The van der Waals surface area contributed by atoms with Crippen LogP contribution in [0.25, 0.3) is 0 Å². The van der Waals surface area contributed by atoms with E-state index in [9.17, 15) is 0 Å². The van der Waals surface area contributed by atoms with Crippen LogP contribution in [0.5, 0.6) is 0 Å². The molecule has 18 heavy (non-hydrogen) atoms. The molecule has 1 aromatic carbocycles. The molecule has 0 radical (unpaired) electrons. The average Bonchev–Trinajstić information content (AvgIpc) is 2.98. The van der Waals surface area contributed by atoms with Crippen LogP contribution in [0.4, 0.5) is 0 Å². The summed E-state index contributed by atoms with van der Waals surface area (Å²) in [5.41, 5.74) is 10.8. The minimum absolute atomic E-state index is 0.288. The second kappa shape index (κ2) is 5.41. The van der Waals surface area contributed by atoms with Gasteiger partial charge in [-0.1, -0.05) is 18.2 Å². The van der Waals surface area contributed by atoms with E-state index >= 15 is 0 Å². The summed E-state index contributed by atoms with van der Waals surface area (Å²) in [4.78, 5) is 0. The minimum Gasteiger partial charge on any atom is -0.381 e. The highest BCUT2D eigenvalue weighted by molar-refractivity contribution is 5.35. The smallest absolute Gasteiger partial charge is 0.0495 e. The lowest BCUT2D eigenvalue weighted by atomic mass is 9.94. The molecule has 2 aliphatic rings. The number of nitrogens with two attached hydrogens (primary N) is 1. The highest BCUT2D eigenvalue weighted by atomic mass is 16.5. The molecule has 1 fully saturated rings. The summed E-state index contributed by atoms with van der Waals surface area (Å²) in [6.45, 7) is 1.84. The van der Waals surface area contributed by atoms with Crippen molar-refractivity contribution in [2.45, 2.75) is 44.6 Å². The van der Waals surface area contributed by atoms with Crippen LogP contribution in [0.2, 0.25) is 0 Å². The Bertz CT molecular complexity index is 410. The molecule has 2 N–H and O–H groups in total. The monoisotopic (exact) mass is 245 g/mol. The Morgan fingerprint density at radius 2 is 2.17 bits per heavy atom. The molecule has 98 valence electrons. The molecule has 1 saturated heterocycles. The molecule has 0 saturated carbocycles. The van der Waals surface area contributed by atoms with E-state index in [1.165, 1.54) is 31.2 Å². The first kappa shape index (κ1) is 12.2. The fourth-order valence-electron chi connectivity index (χ4n) is 3.34. The maximum absolute atomic E-state index is 6.28. The summed E-state index contributed by atoms with van der Waals surface area (Å²) in [6.07, 6.45) is 7.17. The van der Waals surface area contributed by atoms with Crippen LogP contribution in [-0.2, 0) is 24.0 Å². The minimum atomic E-state index is 0.288. The van der Waals surface area contributed by atoms with Crippen molar-refractivity contribution in [2.75, 3.05) is 13.2 Å². The van der Waals surface area contributed by atoms with Crippen LogP contribution in [0.1, 0.15) is 36.0 Å². The summed E-state index contributed by atoms with van der Waals surface area (Å²) in [7, 11) is 0. The summed E-state index contributed by atoms with van der Waals surface area (Å²) in [6, 6.07) is 7.25. The van der Waals surface area contributed by atoms with E-state index in [0.29, 0.717) is 5.92 Å². The largest absolute Gasteiger partial charge is 0.381 e. The maximum Gasteiger partial charge on any atom is 0.0495 e. The van der Waals surface area contributed by atoms with Crippen LogP contribution < -0.4 is 5.73 Å². The van der Waals surface area contributed by atoms with E-state index in [1.54, 1.807) is 11.1 Å². The summed E-state index contributed by atoms with van der Waals surface area (Å²) in [5.74, 6) is 0.689. The molecule has 1 heterocycles. The number of benzene rings is 1. The van der Waals surface area contributed by atoms with E-state index in [4.69, 9.17) is 10.5 Å². The third-order valence-electron chi connectivity index (χ3n) is 4.32. The molecule has 0 amide bonds. The van der Waals surface area contributed by atoms with Gasteiger partial charge in [-0.05, 0) is 61.1 Å². The zero-order valence-electron chi connectivity index (χ0n) is 11.0. The summed E-state index contributed by atoms with van der Waals surface area (Å²) in [5, 5.41) is 0. The van der Waals surface area contributed by atoms with Crippen molar-refractivity contribution in [3.05, 3.63) is 34.9 Å². The number of fused-ring (bicyclic) bond motifs is 1. The zero-order valence-corrected chi connectivity index (χ0v) is 11.0. The third kappa shape index (κ3) is 2.76. The van der Waals surface area contributed by atoms with Gasteiger partial charge in [-0.15, -0.1) is 0 Å². The lowest BCUT2D eigenvalue weighted by Crippen LogP contribution is -2.26. The Kier molecular flexibility index (Phi) is 3.67. The fraction of sp³-hybridized carbons (Fsp3) is 0.625. The molecule has 0 bridgehead atoms. The maximum atomic E-state index is 6.28. The Balaban J connectivity index is 1.58. The summed E-state index contributed by atoms with van der Waals surface area (Å²) >= 11 is 0. The molecule has 2 unspecified atom stereocenters. The number of hydrogen-bond donors (Lipinski definition) is 1. The van der Waals surface area contributed by atoms with Crippen LogP contribution in [0.3, 0.4) is 0 Å². The highest BCUT2D eigenvalue weighted by Gasteiger charge is 2.19. The van der Waals surface area contributed by atoms with Gasteiger partial charge in [0, 0.05) is 19.3 Å². The van der Waals surface area contributed by atoms with Crippen LogP contribution in [0, 0.1) is 5.92 Å². The number of hydrogen-bond acceptors (Lipinski definition) is 2. The van der Waals surface area contributed by atoms with Crippen molar-refractivity contribution in [1.29, 1.82) is 0 Å². The molecule has 1 aliphatic carbocycles. The van der Waals surface area contributed by atoms with Crippen molar-refractivity contribution >= 4 is 0 Å².